The molecule has 26 heavy (non-hydrogen) atoms. The highest BCUT2D eigenvalue weighted by molar-refractivity contribution is 7.92. The van der Waals surface area contributed by atoms with Crippen molar-refractivity contribution < 1.29 is 8.42 Å². The normalized spacial score (nSPS) is 11.3. The summed E-state index contributed by atoms with van der Waals surface area (Å²) < 4.78 is 26.5. The molecule has 0 aliphatic rings. The lowest BCUT2D eigenvalue weighted by Gasteiger charge is -1.95. The molecule has 0 saturated heterocycles. The summed E-state index contributed by atoms with van der Waals surface area (Å²) in [6.45, 7) is 4.05. The van der Waals surface area contributed by atoms with Gasteiger partial charge in [0.15, 0.2) is 10.3 Å². The van der Waals surface area contributed by atoms with Gasteiger partial charge in [0.1, 0.15) is 0 Å². The topological polar surface area (TPSA) is 98.0 Å². The largest absolute Gasteiger partial charge is 0.375 e. The number of anilines is 2. The van der Waals surface area contributed by atoms with Crippen LogP contribution in [0.2, 0.25) is 0 Å². The van der Waals surface area contributed by atoms with E-state index < -0.39 is 10.0 Å². The van der Waals surface area contributed by atoms with E-state index in [4.69, 9.17) is 5.73 Å². The fourth-order valence-corrected chi connectivity index (χ4v) is 4.92. The molecule has 2 aromatic heterocycles. The van der Waals surface area contributed by atoms with E-state index >= 15 is 0 Å². The van der Waals surface area contributed by atoms with Gasteiger partial charge in [-0.2, -0.15) is 0 Å². The molecule has 0 aliphatic heterocycles. The highest BCUT2D eigenvalue weighted by Crippen LogP contribution is 2.27. The molecular weight excluding hydrogens is 388 g/mol. The van der Waals surface area contributed by atoms with Crippen LogP contribution in [0, 0.1) is 13.8 Å². The Morgan fingerprint density at radius 2 is 1.46 bits per heavy atom. The molecule has 0 amide bonds. The van der Waals surface area contributed by atoms with Crippen molar-refractivity contribution in [2.75, 3.05) is 16.7 Å². The van der Waals surface area contributed by atoms with Gasteiger partial charge in [-0.1, -0.05) is 34.8 Å². The number of nitrogens with zero attached hydrogens (tertiary/aromatic N) is 2. The zero-order valence-corrected chi connectivity index (χ0v) is 16.9. The van der Waals surface area contributed by atoms with Crippen LogP contribution < -0.4 is 10.5 Å². The molecule has 0 radical (unpaired) electrons. The van der Waals surface area contributed by atoms with Crippen LogP contribution in [0.4, 0.5) is 10.3 Å². The summed E-state index contributed by atoms with van der Waals surface area (Å²) in [4.78, 5) is 8.32. The number of nitrogen functional groups attached to an aromatic ring is 1. The second kappa shape index (κ2) is 7.18. The number of aromatic nitrogens is 2. The predicted molar refractivity (Wildman–Crippen MR) is 112 cm³/mol. The van der Waals surface area contributed by atoms with Gasteiger partial charge in [-0.15, -0.1) is 0 Å². The number of hydrogen-bond donors (Lipinski definition) is 2. The first kappa shape index (κ1) is 18.6. The molecule has 4 aromatic rings. The van der Waals surface area contributed by atoms with Crippen LogP contribution in [0.25, 0.3) is 20.4 Å². The molecule has 3 N–H and O–H groups in total. The summed E-state index contributed by atoms with van der Waals surface area (Å²) >= 11 is 2.87. The molecule has 0 spiro atoms. The molecule has 0 aliphatic carbocycles. The van der Waals surface area contributed by atoms with Crippen LogP contribution >= 0.6 is 22.7 Å². The van der Waals surface area contributed by atoms with Crippen LogP contribution in [0.5, 0.6) is 0 Å². The lowest BCUT2D eigenvalue weighted by Crippen LogP contribution is -2.08. The lowest BCUT2D eigenvalue weighted by atomic mass is 10.2. The van der Waals surface area contributed by atoms with Crippen molar-refractivity contribution in [1.82, 2.24) is 9.97 Å². The van der Waals surface area contributed by atoms with E-state index in [9.17, 15) is 8.42 Å². The smallest absolute Gasteiger partial charge is 0.231 e. The number of hydrogen-bond acceptors (Lipinski definition) is 7. The van der Waals surface area contributed by atoms with E-state index in [2.05, 4.69) is 27.7 Å². The quantitative estimate of drug-likeness (QED) is 0.521. The third-order valence-electron chi connectivity index (χ3n) is 3.38. The maximum atomic E-state index is 11.0. The van der Waals surface area contributed by atoms with Gasteiger partial charge in [0.05, 0.1) is 26.7 Å². The zero-order valence-electron chi connectivity index (χ0n) is 14.5. The van der Waals surface area contributed by atoms with Gasteiger partial charge in [-0.25, -0.2) is 18.4 Å². The minimum Gasteiger partial charge on any atom is -0.375 e. The minimum atomic E-state index is -3.24. The molecular formula is C17H18N4O2S3. The predicted octanol–water partition coefficient (Wildman–Crippen LogP) is 4.16. The van der Waals surface area contributed by atoms with Gasteiger partial charge in [-0.05, 0) is 49.2 Å². The van der Waals surface area contributed by atoms with Crippen molar-refractivity contribution in [3.8, 4) is 0 Å². The summed E-state index contributed by atoms with van der Waals surface area (Å²) in [5.41, 5.74) is 9.75. The summed E-state index contributed by atoms with van der Waals surface area (Å²) in [5, 5.41) is 1.06. The standard InChI is InChI=1S/C9H10N2O2S2.C8H8N2S/c1-6-3-4-7-8(5-6)14-9(10-7)11-15(2,12)13;1-5-2-3-6-7(4-5)11-8(9)10-6/h3-5H,1-2H3,(H,10,11);2-4H,1H3,(H2,9,10). The molecule has 0 fully saturated rings. The highest BCUT2D eigenvalue weighted by atomic mass is 32.2. The van der Waals surface area contributed by atoms with Crippen molar-refractivity contribution in [3.05, 3.63) is 47.5 Å². The summed E-state index contributed by atoms with van der Waals surface area (Å²) in [5.74, 6) is 0. The first-order valence-corrected chi connectivity index (χ1v) is 11.2. The number of benzene rings is 2. The van der Waals surface area contributed by atoms with Gasteiger partial charge in [0, 0.05) is 0 Å². The van der Waals surface area contributed by atoms with E-state index in [0.29, 0.717) is 10.3 Å². The average molecular weight is 407 g/mol. The third kappa shape index (κ3) is 4.69. The van der Waals surface area contributed by atoms with Crippen molar-refractivity contribution in [2.45, 2.75) is 13.8 Å². The summed E-state index contributed by atoms with van der Waals surface area (Å²) in [6, 6.07) is 12.0. The van der Waals surface area contributed by atoms with E-state index in [1.54, 1.807) is 0 Å². The zero-order chi connectivity index (χ0) is 18.9. The Morgan fingerprint density at radius 1 is 0.923 bits per heavy atom. The molecule has 4 rings (SSSR count). The number of sulfonamides is 1. The van der Waals surface area contributed by atoms with Crippen molar-refractivity contribution >= 4 is 63.4 Å². The Labute approximate surface area is 159 Å². The van der Waals surface area contributed by atoms with Gasteiger partial charge in [0.25, 0.3) is 0 Å². The van der Waals surface area contributed by atoms with Crippen LogP contribution in [0.3, 0.4) is 0 Å². The maximum Gasteiger partial charge on any atom is 0.231 e. The Bertz CT molecular complexity index is 1180. The van der Waals surface area contributed by atoms with Crippen molar-refractivity contribution in [1.29, 1.82) is 0 Å². The van der Waals surface area contributed by atoms with E-state index in [0.717, 1.165) is 27.6 Å². The van der Waals surface area contributed by atoms with Crippen LogP contribution in [0.15, 0.2) is 36.4 Å². The number of fused-ring (bicyclic) bond motifs is 2. The summed E-state index contributed by atoms with van der Waals surface area (Å²) in [7, 11) is -3.24. The Hall–Kier alpha value is -2.23. The fourth-order valence-electron chi connectivity index (χ4n) is 2.28. The Balaban J connectivity index is 0.000000158. The van der Waals surface area contributed by atoms with Crippen molar-refractivity contribution in [3.63, 3.8) is 0 Å². The minimum absolute atomic E-state index is 0.415. The number of thiazole rings is 2. The number of rotatable bonds is 2. The molecule has 2 aromatic carbocycles. The third-order valence-corrected chi connectivity index (χ3v) is 5.85. The van der Waals surface area contributed by atoms with Crippen LogP contribution in [0.1, 0.15) is 11.1 Å². The molecule has 9 heteroatoms. The molecule has 6 nitrogen and oxygen atoms in total. The number of aryl methyl sites for hydroxylation is 2. The Morgan fingerprint density at radius 3 is 2.04 bits per heavy atom. The molecule has 0 saturated carbocycles. The van der Waals surface area contributed by atoms with Gasteiger partial charge >= 0.3 is 0 Å². The summed E-state index contributed by atoms with van der Waals surface area (Å²) in [6.07, 6.45) is 1.12. The van der Waals surface area contributed by atoms with Gasteiger partial charge < -0.3 is 5.73 Å². The number of nitrogens with two attached hydrogens (primary N) is 1. The molecule has 0 unspecified atom stereocenters. The fraction of sp³-hybridized carbons (Fsp3) is 0.176. The van der Waals surface area contributed by atoms with E-state index in [1.807, 2.05) is 37.3 Å². The lowest BCUT2D eigenvalue weighted by molar-refractivity contribution is 0.607. The monoisotopic (exact) mass is 406 g/mol. The second-order valence-corrected chi connectivity index (χ2v) is 9.73. The second-order valence-electron chi connectivity index (χ2n) is 5.89. The molecule has 136 valence electrons. The first-order valence-electron chi connectivity index (χ1n) is 7.67. The Kier molecular flexibility index (Phi) is 5.12. The molecule has 2 heterocycles. The maximum absolute atomic E-state index is 11.0. The van der Waals surface area contributed by atoms with Gasteiger partial charge in [0.2, 0.25) is 10.0 Å². The van der Waals surface area contributed by atoms with Gasteiger partial charge in [-0.3, -0.25) is 4.72 Å². The van der Waals surface area contributed by atoms with E-state index in [-0.39, 0.29) is 0 Å². The molecule has 0 atom stereocenters. The van der Waals surface area contributed by atoms with Crippen molar-refractivity contribution in [2.24, 2.45) is 0 Å². The highest BCUT2D eigenvalue weighted by Gasteiger charge is 2.07. The number of nitrogens with one attached hydrogen (secondary N) is 1. The molecule has 0 bridgehead atoms. The first-order chi connectivity index (χ1) is 12.2. The van der Waals surface area contributed by atoms with E-state index in [1.165, 1.54) is 32.9 Å². The average Bonchev–Trinajstić information content (AvgIpc) is 3.06. The SMILES string of the molecule is Cc1ccc2nc(N)sc2c1.Cc1ccc2nc(NS(C)(=O)=O)sc2c1. The van der Waals surface area contributed by atoms with Crippen LogP contribution in [-0.4, -0.2) is 24.6 Å². The van der Waals surface area contributed by atoms with Crippen LogP contribution in [-0.2, 0) is 10.0 Å².